The standard InChI is InChI=1S/C11H11BrF3NO/c1-7-2-3-8(12)9(6-7)16-10(17)4-5-11(13,14)15/h2-3,6H,4-5H2,1H3,(H,16,17). The largest absolute Gasteiger partial charge is 0.389 e. The zero-order valence-electron chi connectivity index (χ0n) is 9.07. The highest BCUT2D eigenvalue weighted by molar-refractivity contribution is 9.10. The number of carbonyl (C=O) groups is 1. The number of hydrogen-bond acceptors (Lipinski definition) is 1. The summed E-state index contributed by atoms with van der Waals surface area (Å²) < 4.78 is 36.4. The van der Waals surface area contributed by atoms with E-state index in [0.29, 0.717) is 10.2 Å². The number of alkyl halides is 3. The molecular weight excluding hydrogens is 299 g/mol. The van der Waals surface area contributed by atoms with Crippen molar-refractivity contribution in [1.29, 1.82) is 0 Å². The molecule has 0 saturated heterocycles. The monoisotopic (exact) mass is 309 g/mol. The SMILES string of the molecule is Cc1ccc(Br)c(NC(=O)CCC(F)(F)F)c1. The maximum Gasteiger partial charge on any atom is 0.389 e. The molecule has 1 N–H and O–H groups in total. The third-order valence-electron chi connectivity index (χ3n) is 2.03. The van der Waals surface area contributed by atoms with E-state index >= 15 is 0 Å². The number of nitrogens with one attached hydrogen (secondary N) is 1. The molecule has 6 heteroatoms. The molecule has 0 unspecified atom stereocenters. The average molecular weight is 310 g/mol. The molecule has 17 heavy (non-hydrogen) atoms. The van der Waals surface area contributed by atoms with Crippen LogP contribution in [0.2, 0.25) is 0 Å². The first kappa shape index (κ1) is 14.0. The van der Waals surface area contributed by atoms with Crippen LogP contribution in [0.1, 0.15) is 18.4 Å². The predicted octanol–water partition coefficient (Wildman–Crippen LogP) is 4.04. The van der Waals surface area contributed by atoms with Crippen molar-refractivity contribution < 1.29 is 18.0 Å². The van der Waals surface area contributed by atoms with E-state index in [-0.39, 0.29) is 0 Å². The zero-order valence-corrected chi connectivity index (χ0v) is 10.7. The van der Waals surface area contributed by atoms with E-state index in [1.54, 1.807) is 12.1 Å². The highest BCUT2D eigenvalue weighted by Gasteiger charge is 2.27. The topological polar surface area (TPSA) is 29.1 Å². The molecule has 1 aromatic rings. The maximum atomic E-state index is 11.9. The van der Waals surface area contributed by atoms with Crippen LogP contribution in [0.4, 0.5) is 18.9 Å². The van der Waals surface area contributed by atoms with Crippen LogP contribution in [0.3, 0.4) is 0 Å². The number of benzene rings is 1. The smallest absolute Gasteiger partial charge is 0.325 e. The van der Waals surface area contributed by atoms with Gasteiger partial charge in [0.05, 0.1) is 12.1 Å². The molecule has 0 heterocycles. The van der Waals surface area contributed by atoms with Gasteiger partial charge in [0, 0.05) is 10.9 Å². The van der Waals surface area contributed by atoms with Crippen LogP contribution in [0, 0.1) is 6.92 Å². The van der Waals surface area contributed by atoms with Crippen molar-refractivity contribution in [3.63, 3.8) is 0 Å². The number of anilines is 1. The molecule has 0 aromatic heterocycles. The highest BCUT2D eigenvalue weighted by Crippen LogP contribution is 2.25. The second-order valence-electron chi connectivity index (χ2n) is 3.65. The van der Waals surface area contributed by atoms with Gasteiger partial charge in [-0.1, -0.05) is 6.07 Å². The van der Waals surface area contributed by atoms with E-state index in [9.17, 15) is 18.0 Å². The summed E-state index contributed by atoms with van der Waals surface area (Å²) in [6, 6.07) is 5.25. The fraction of sp³-hybridized carbons (Fsp3) is 0.364. The first-order valence-electron chi connectivity index (χ1n) is 4.91. The second kappa shape index (κ2) is 5.53. The Labute approximate surface area is 105 Å². The molecule has 0 saturated carbocycles. The van der Waals surface area contributed by atoms with Crippen LogP contribution >= 0.6 is 15.9 Å². The molecule has 0 fully saturated rings. The molecule has 0 spiro atoms. The van der Waals surface area contributed by atoms with Gasteiger partial charge in [-0.15, -0.1) is 0 Å². The predicted molar refractivity (Wildman–Crippen MR) is 62.8 cm³/mol. The van der Waals surface area contributed by atoms with Crippen molar-refractivity contribution in [2.45, 2.75) is 25.9 Å². The molecule has 1 amide bonds. The number of hydrogen-bond donors (Lipinski definition) is 1. The van der Waals surface area contributed by atoms with Crippen LogP contribution in [0.15, 0.2) is 22.7 Å². The van der Waals surface area contributed by atoms with Crippen LogP contribution in [-0.4, -0.2) is 12.1 Å². The van der Waals surface area contributed by atoms with Crippen LogP contribution in [0.5, 0.6) is 0 Å². The summed E-state index contributed by atoms with van der Waals surface area (Å²) in [5.41, 5.74) is 1.40. The first-order chi connectivity index (χ1) is 7.78. The van der Waals surface area contributed by atoms with Gasteiger partial charge in [0.15, 0.2) is 0 Å². The number of halogens is 4. The van der Waals surface area contributed by atoms with Gasteiger partial charge in [0.2, 0.25) is 5.91 Å². The minimum atomic E-state index is -4.30. The lowest BCUT2D eigenvalue weighted by atomic mass is 10.2. The Hall–Kier alpha value is -1.04. The van der Waals surface area contributed by atoms with Gasteiger partial charge < -0.3 is 5.32 Å². The third-order valence-corrected chi connectivity index (χ3v) is 2.72. The molecule has 0 aliphatic carbocycles. The van der Waals surface area contributed by atoms with Crippen molar-refractivity contribution in [3.05, 3.63) is 28.2 Å². The van der Waals surface area contributed by atoms with Crippen molar-refractivity contribution >= 4 is 27.5 Å². The maximum absolute atomic E-state index is 11.9. The van der Waals surface area contributed by atoms with Crippen molar-refractivity contribution in [2.75, 3.05) is 5.32 Å². The van der Waals surface area contributed by atoms with Crippen molar-refractivity contribution in [1.82, 2.24) is 0 Å². The highest BCUT2D eigenvalue weighted by atomic mass is 79.9. The summed E-state index contributed by atoms with van der Waals surface area (Å²) in [6.07, 6.45) is -5.98. The Morgan fingerprint density at radius 2 is 2.06 bits per heavy atom. The Kier molecular flexibility index (Phi) is 4.56. The van der Waals surface area contributed by atoms with Crippen LogP contribution in [0.25, 0.3) is 0 Å². The fourth-order valence-corrected chi connectivity index (χ4v) is 1.55. The van der Waals surface area contributed by atoms with Gasteiger partial charge in [-0.05, 0) is 40.5 Å². The lowest BCUT2D eigenvalue weighted by Gasteiger charge is -2.09. The van der Waals surface area contributed by atoms with Crippen molar-refractivity contribution in [2.24, 2.45) is 0 Å². The van der Waals surface area contributed by atoms with Gasteiger partial charge in [-0.2, -0.15) is 13.2 Å². The van der Waals surface area contributed by atoms with E-state index in [1.165, 1.54) is 0 Å². The van der Waals surface area contributed by atoms with Gasteiger partial charge in [-0.3, -0.25) is 4.79 Å². The summed E-state index contributed by atoms with van der Waals surface area (Å²) in [4.78, 5) is 11.3. The fourth-order valence-electron chi connectivity index (χ4n) is 1.20. The average Bonchev–Trinajstić information content (AvgIpc) is 2.20. The zero-order chi connectivity index (χ0) is 13.1. The van der Waals surface area contributed by atoms with Gasteiger partial charge in [0.1, 0.15) is 0 Å². The second-order valence-corrected chi connectivity index (χ2v) is 4.50. The molecule has 0 bridgehead atoms. The number of carbonyl (C=O) groups excluding carboxylic acids is 1. The van der Waals surface area contributed by atoms with Crippen LogP contribution < -0.4 is 5.32 Å². The van der Waals surface area contributed by atoms with E-state index in [4.69, 9.17) is 0 Å². The van der Waals surface area contributed by atoms with Crippen molar-refractivity contribution in [3.8, 4) is 0 Å². The normalized spacial score (nSPS) is 11.4. The molecule has 94 valence electrons. The first-order valence-corrected chi connectivity index (χ1v) is 5.70. The van der Waals surface area contributed by atoms with E-state index in [1.807, 2.05) is 13.0 Å². The summed E-state index contributed by atoms with van der Waals surface area (Å²) in [5.74, 6) is -0.645. The summed E-state index contributed by atoms with van der Waals surface area (Å²) in [5, 5.41) is 2.44. The van der Waals surface area contributed by atoms with Gasteiger partial charge in [0.25, 0.3) is 0 Å². The molecule has 0 aliphatic heterocycles. The molecule has 0 atom stereocenters. The molecule has 1 aromatic carbocycles. The van der Waals surface area contributed by atoms with E-state index < -0.39 is 24.9 Å². The van der Waals surface area contributed by atoms with E-state index in [0.717, 1.165) is 5.56 Å². The number of rotatable bonds is 3. The van der Waals surface area contributed by atoms with Gasteiger partial charge in [-0.25, -0.2) is 0 Å². The Balaban J connectivity index is 2.59. The molecule has 0 aliphatic rings. The Morgan fingerprint density at radius 3 is 2.65 bits per heavy atom. The molecule has 2 nitrogen and oxygen atoms in total. The Morgan fingerprint density at radius 1 is 1.41 bits per heavy atom. The Bertz CT molecular complexity index is 418. The summed E-state index contributed by atoms with van der Waals surface area (Å²) >= 11 is 3.21. The van der Waals surface area contributed by atoms with Gasteiger partial charge >= 0.3 is 6.18 Å². The van der Waals surface area contributed by atoms with Crippen LogP contribution in [-0.2, 0) is 4.79 Å². The lowest BCUT2D eigenvalue weighted by Crippen LogP contribution is -2.16. The number of aryl methyl sites for hydroxylation is 1. The third kappa shape index (κ3) is 5.21. The summed E-state index contributed by atoms with van der Waals surface area (Å²) in [7, 11) is 0. The van der Waals surface area contributed by atoms with E-state index in [2.05, 4.69) is 21.2 Å². The molecule has 0 radical (unpaired) electrons. The molecule has 1 rings (SSSR count). The quantitative estimate of drug-likeness (QED) is 0.897. The number of amides is 1. The summed E-state index contributed by atoms with van der Waals surface area (Å²) in [6.45, 7) is 1.83. The minimum absolute atomic E-state index is 0.483. The minimum Gasteiger partial charge on any atom is -0.325 e. The lowest BCUT2D eigenvalue weighted by molar-refractivity contribution is -0.142. The molecular formula is C11H11BrF3NO.